The number of imide groups is 1. The molecule has 1 saturated heterocycles. The van der Waals surface area contributed by atoms with Crippen LogP contribution in [-0.4, -0.2) is 91.3 Å². The average molecular weight is 504 g/mol. The number of carbonyl (C=O) groups excluding carboxylic acids is 4. The average Bonchev–Trinajstić information content (AvgIpc) is 2.74. The molecule has 1 fully saturated rings. The van der Waals surface area contributed by atoms with Gasteiger partial charge in [0.05, 0.1) is 13.2 Å². The van der Waals surface area contributed by atoms with E-state index in [-0.39, 0.29) is 19.8 Å². The van der Waals surface area contributed by atoms with Gasteiger partial charge in [-0.3, -0.25) is 0 Å². The first kappa shape index (κ1) is 30.8. The van der Waals surface area contributed by atoms with Gasteiger partial charge in [-0.1, -0.05) is 13.3 Å². The van der Waals surface area contributed by atoms with E-state index >= 15 is 0 Å². The fourth-order valence-corrected chi connectivity index (χ4v) is 3.14. The molecule has 35 heavy (non-hydrogen) atoms. The van der Waals surface area contributed by atoms with Gasteiger partial charge >= 0.3 is 18.2 Å². The Morgan fingerprint density at radius 2 is 1.60 bits per heavy atom. The number of aldehydes is 1. The van der Waals surface area contributed by atoms with Crippen molar-refractivity contribution in [2.75, 3.05) is 26.4 Å². The van der Waals surface area contributed by atoms with Gasteiger partial charge in [-0.25, -0.2) is 14.4 Å². The summed E-state index contributed by atoms with van der Waals surface area (Å²) < 4.78 is 33.5. The monoisotopic (exact) mass is 503 g/mol. The number of nitrogens with zero attached hydrogens (tertiary/aromatic N) is 1. The molecule has 1 heterocycles. The van der Waals surface area contributed by atoms with Crippen LogP contribution in [0.3, 0.4) is 0 Å². The van der Waals surface area contributed by atoms with Crippen LogP contribution >= 0.6 is 0 Å². The highest BCUT2D eigenvalue weighted by Crippen LogP contribution is 2.22. The van der Waals surface area contributed by atoms with Crippen LogP contribution in [0.2, 0.25) is 0 Å². The first-order valence-electron chi connectivity index (χ1n) is 11.9. The second kappa shape index (κ2) is 13.7. The first-order chi connectivity index (χ1) is 16.2. The van der Waals surface area contributed by atoms with Gasteiger partial charge in [0, 0.05) is 6.61 Å². The number of cyclic esters (lactones) is 1. The number of amides is 2. The molecule has 0 aromatic carbocycles. The Hall–Kier alpha value is -2.24. The van der Waals surface area contributed by atoms with Crippen molar-refractivity contribution in [3.05, 3.63) is 0 Å². The highest BCUT2D eigenvalue weighted by molar-refractivity contribution is 5.94. The molecule has 1 rings (SSSR count). The zero-order chi connectivity index (χ0) is 26.8. The third-order valence-corrected chi connectivity index (χ3v) is 4.64. The van der Waals surface area contributed by atoms with E-state index in [0.29, 0.717) is 17.8 Å². The Morgan fingerprint density at radius 3 is 2.09 bits per heavy atom. The van der Waals surface area contributed by atoms with Gasteiger partial charge in [0.2, 0.25) is 0 Å². The molecule has 0 N–H and O–H groups in total. The predicted octanol–water partition coefficient (Wildman–Crippen LogP) is 3.26. The van der Waals surface area contributed by atoms with Crippen molar-refractivity contribution in [1.29, 1.82) is 0 Å². The Kier molecular flexibility index (Phi) is 12.1. The summed E-state index contributed by atoms with van der Waals surface area (Å²) in [6.07, 6.45) is -2.21. The number of unbranched alkanes of at least 4 members (excludes halogenated alkanes) is 1. The molecule has 0 aliphatic carbocycles. The second-order valence-corrected chi connectivity index (χ2v) is 10.3. The molecule has 1 aliphatic rings. The lowest BCUT2D eigenvalue weighted by molar-refractivity contribution is -0.169. The zero-order valence-electron chi connectivity index (χ0n) is 22.2. The summed E-state index contributed by atoms with van der Waals surface area (Å²) >= 11 is 0. The number of hydrogen-bond acceptors (Lipinski definition) is 10. The van der Waals surface area contributed by atoms with E-state index in [1.54, 1.807) is 48.5 Å². The number of rotatable bonds is 8. The van der Waals surface area contributed by atoms with Crippen molar-refractivity contribution >= 4 is 24.4 Å². The van der Waals surface area contributed by atoms with E-state index in [2.05, 4.69) is 0 Å². The molecule has 11 nitrogen and oxygen atoms in total. The predicted molar refractivity (Wildman–Crippen MR) is 125 cm³/mol. The minimum Gasteiger partial charge on any atom is -0.458 e. The van der Waals surface area contributed by atoms with Gasteiger partial charge in [0.1, 0.15) is 42.4 Å². The molecule has 202 valence electrons. The molecule has 4 atom stereocenters. The van der Waals surface area contributed by atoms with Crippen LogP contribution < -0.4 is 0 Å². The standard InChI is InChI=1S/C24H41NO10/c1-9-10-12-31-18-15-30-14-17(20(27)33-16(2)19(18)32-13-11-26)25(21(28)34-23(3,4)5)22(29)35-24(6,7)8/h11,16-19H,9-10,12-15H2,1-8H3/t16-,17-,18-,19-/m0/s1. The lowest BCUT2D eigenvalue weighted by atomic mass is 10.1. The van der Waals surface area contributed by atoms with E-state index in [9.17, 15) is 19.2 Å². The van der Waals surface area contributed by atoms with E-state index in [1.165, 1.54) is 0 Å². The normalized spacial score (nSPS) is 23.8. The number of hydrogen-bond donors (Lipinski definition) is 0. The molecule has 0 unspecified atom stereocenters. The van der Waals surface area contributed by atoms with Gasteiger partial charge in [0.25, 0.3) is 0 Å². The summed E-state index contributed by atoms with van der Waals surface area (Å²) in [5, 5.41) is 0. The number of ether oxygens (including phenoxy) is 6. The van der Waals surface area contributed by atoms with Gasteiger partial charge in [-0.05, 0) is 54.9 Å². The van der Waals surface area contributed by atoms with Crippen molar-refractivity contribution in [2.45, 2.75) is 104 Å². The van der Waals surface area contributed by atoms with E-state index in [4.69, 9.17) is 28.4 Å². The molecule has 0 aromatic rings. The maximum Gasteiger partial charge on any atom is 0.420 e. The van der Waals surface area contributed by atoms with Crippen LogP contribution in [0, 0.1) is 0 Å². The van der Waals surface area contributed by atoms with Gasteiger partial charge in [-0.15, -0.1) is 0 Å². The molecular formula is C24H41NO10. The summed E-state index contributed by atoms with van der Waals surface area (Å²) in [6, 6.07) is -1.48. The summed E-state index contributed by atoms with van der Waals surface area (Å²) in [7, 11) is 0. The van der Waals surface area contributed by atoms with Crippen molar-refractivity contribution < 1.29 is 47.6 Å². The molecule has 0 aromatic heterocycles. The fourth-order valence-electron chi connectivity index (χ4n) is 3.14. The van der Waals surface area contributed by atoms with E-state index < -0.39 is 53.7 Å². The highest BCUT2D eigenvalue weighted by Gasteiger charge is 2.44. The summed E-state index contributed by atoms with van der Waals surface area (Å²) in [5.41, 5.74) is -1.89. The van der Waals surface area contributed by atoms with Crippen molar-refractivity contribution in [3.63, 3.8) is 0 Å². The van der Waals surface area contributed by atoms with E-state index in [0.717, 1.165) is 12.8 Å². The topological polar surface area (TPSA) is 127 Å². The molecule has 11 heteroatoms. The molecule has 0 radical (unpaired) electrons. The third-order valence-electron chi connectivity index (χ3n) is 4.64. The Balaban J connectivity index is 3.28. The smallest absolute Gasteiger partial charge is 0.420 e. The number of carbonyl (C=O) groups is 4. The van der Waals surface area contributed by atoms with E-state index in [1.807, 2.05) is 6.92 Å². The molecule has 0 spiro atoms. The second-order valence-electron chi connectivity index (χ2n) is 10.3. The van der Waals surface area contributed by atoms with Gasteiger partial charge in [-0.2, -0.15) is 4.90 Å². The van der Waals surface area contributed by atoms with Crippen LogP contribution in [0.15, 0.2) is 0 Å². The summed E-state index contributed by atoms with van der Waals surface area (Å²) in [6.45, 7) is 13.2. The summed E-state index contributed by atoms with van der Waals surface area (Å²) in [4.78, 5) is 50.6. The van der Waals surface area contributed by atoms with Crippen LogP contribution in [0.4, 0.5) is 9.59 Å². The maximum atomic E-state index is 13.2. The van der Waals surface area contributed by atoms with Crippen LogP contribution in [-0.2, 0) is 38.0 Å². The first-order valence-corrected chi connectivity index (χ1v) is 11.9. The maximum absolute atomic E-state index is 13.2. The minimum atomic E-state index is -1.48. The Bertz CT molecular complexity index is 684. The van der Waals surface area contributed by atoms with Crippen LogP contribution in [0.5, 0.6) is 0 Å². The molecule has 0 saturated carbocycles. The lowest BCUT2D eigenvalue weighted by Gasteiger charge is -2.32. The lowest BCUT2D eigenvalue weighted by Crippen LogP contribution is -2.54. The largest absolute Gasteiger partial charge is 0.458 e. The van der Waals surface area contributed by atoms with Gasteiger partial charge < -0.3 is 33.2 Å². The summed E-state index contributed by atoms with van der Waals surface area (Å²) in [5.74, 6) is -0.914. The van der Waals surface area contributed by atoms with Crippen molar-refractivity contribution in [2.24, 2.45) is 0 Å². The van der Waals surface area contributed by atoms with Crippen molar-refractivity contribution in [3.8, 4) is 0 Å². The SMILES string of the molecule is CCCCO[C@H]1COC[C@H](N(C(=O)OC(C)(C)C)C(=O)OC(C)(C)C)C(=O)O[C@@H](C)[C@@H]1OCC=O. The molecule has 0 bridgehead atoms. The minimum absolute atomic E-state index is 0.0266. The molecule has 1 aliphatic heterocycles. The molecule has 2 amide bonds. The van der Waals surface area contributed by atoms with Crippen molar-refractivity contribution in [1.82, 2.24) is 4.90 Å². The Morgan fingerprint density at radius 1 is 1.03 bits per heavy atom. The fraction of sp³-hybridized carbons (Fsp3) is 0.833. The van der Waals surface area contributed by atoms with Crippen LogP contribution in [0.1, 0.15) is 68.2 Å². The third kappa shape index (κ3) is 10.9. The quantitative estimate of drug-likeness (QED) is 0.211. The highest BCUT2D eigenvalue weighted by atomic mass is 16.6. The van der Waals surface area contributed by atoms with Gasteiger partial charge in [0.15, 0.2) is 6.04 Å². The Labute approximate surface area is 207 Å². The molecular weight excluding hydrogens is 462 g/mol. The number of esters is 1. The zero-order valence-corrected chi connectivity index (χ0v) is 22.2. The van der Waals surface area contributed by atoms with Crippen LogP contribution in [0.25, 0.3) is 0 Å².